The molecule has 0 bridgehead atoms. The van der Waals surface area contributed by atoms with Crippen molar-refractivity contribution >= 4 is 0 Å². The minimum absolute atomic E-state index is 0.615. The van der Waals surface area contributed by atoms with Crippen molar-refractivity contribution in [2.24, 2.45) is 0 Å². The molecule has 0 aromatic heterocycles. The van der Waals surface area contributed by atoms with Crippen LogP contribution in [0, 0.1) is 6.92 Å². The quantitative estimate of drug-likeness (QED) is 0.809. The van der Waals surface area contributed by atoms with Crippen LogP contribution in [-0.2, 0) is 13.2 Å². The molecule has 0 fully saturated rings. The normalized spacial score (nSPS) is 10.7. The Morgan fingerprint density at radius 1 is 0.947 bits per heavy atom. The van der Waals surface area contributed by atoms with Gasteiger partial charge in [-0.15, -0.1) is 0 Å². The third-order valence-electron chi connectivity index (χ3n) is 2.92. The summed E-state index contributed by atoms with van der Waals surface area (Å²) in [6.45, 7) is 3.65. The van der Waals surface area contributed by atoms with Crippen molar-refractivity contribution in [3.05, 3.63) is 65.2 Å². The highest BCUT2D eigenvalue weighted by Crippen LogP contribution is 2.14. The van der Waals surface area contributed by atoms with Gasteiger partial charge in [0, 0.05) is 6.54 Å². The molecular formula is C17H21NO. The van der Waals surface area contributed by atoms with E-state index in [0.29, 0.717) is 6.61 Å². The molecule has 0 N–H and O–H groups in total. The lowest BCUT2D eigenvalue weighted by molar-refractivity contribution is 0.305. The zero-order valence-corrected chi connectivity index (χ0v) is 11.9. The van der Waals surface area contributed by atoms with Crippen LogP contribution in [0.15, 0.2) is 48.5 Å². The van der Waals surface area contributed by atoms with Crippen molar-refractivity contribution in [3.63, 3.8) is 0 Å². The summed E-state index contributed by atoms with van der Waals surface area (Å²) >= 11 is 0. The van der Waals surface area contributed by atoms with Crippen molar-refractivity contribution in [2.45, 2.75) is 20.1 Å². The summed E-state index contributed by atoms with van der Waals surface area (Å²) in [5.41, 5.74) is 3.77. The average Bonchev–Trinajstić information content (AvgIpc) is 2.38. The van der Waals surface area contributed by atoms with Gasteiger partial charge in [0.2, 0.25) is 0 Å². The predicted molar refractivity (Wildman–Crippen MR) is 79.3 cm³/mol. The van der Waals surface area contributed by atoms with E-state index in [1.807, 2.05) is 12.1 Å². The molecule has 0 spiro atoms. The Hall–Kier alpha value is -1.80. The molecule has 19 heavy (non-hydrogen) atoms. The summed E-state index contributed by atoms with van der Waals surface area (Å²) in [4.78, 5) is 2.17. The molecule has 100 valence electrons. The van der Waals surface area contributed by atoms with Gasteiger partial charge in [0.25, 0.3) is 0 Å². The third-order valence-corrected chi connectivity index (χ3v) is 2.92. The van der Waals surface area contributed by atoms with Gasteiger partial charge in [-0.05, 0) is 44.3 Å². The van der Waals surface area contributed by atoms with Gasteiger partial charge in [-0.1, -0.05) is 42.0 Å². The number of ether oxygens (including phenoxy) is 1. The van der Waals surface area contributed by atoms with E-state index in [0.717, 1.165) is 12.3 Å². The number of aryl methyl sites for hydroxylation is 1. The van der Waals surface area contributed by atoms with Crippen LogP contribution in [0.4, 0.5) is 0 Å². The average molecular weight is 255 g/mol. The zero-order chi connectivity index (χ0) is 13.7. The monoisotopic (exact) mass is 255 g/mol. The molecule has 0 atom stereocenters. The van der Waals surface area contributed by atoms with E-state index in [2.05, 4.69) is 62.3 Å². The highest BCUT2D eigenvalue weighted by molar-refractivity contribution is 5.27. The molecule has 2 nitrogen and oxygen atoms in total. The second kappa shape index (κ2) is 6.39. The van der Waals surface area contributed by atoms with Gasteiger partial charge in [0.1, 0.15) is 12.4 Å². The van der Waals surface area contributed by atoms with E-state index < -0.39 is 0 Å². The lowest BCUT2D eigenvalue weighted by Gasteiger charge is -2.11. The van der Waals surface area contributed by atoms with Crippen LogP contribution in [0.25, 0.3) is 0 Å². The molecule has 0 saturated carbocycles. The molecule has 0 amide bonds. The molecular weight excluding hydrogens is 234 g/mol. The van der Waals surface area contributed by atoms with Gasteiger partial charge in [-0.25, -0.2) is 0 Å². The lowest BCUT2D eigenvalue weighted by atomic mass is 10.1. The highest BCUT2D eigenvalue weighted by atomic mass is 16.5. The Labute approximate surface area is 115 Å². The van der Waals surface area contributed by atoms with Crippen LogP contribution in [0.3, 0.4) is 0 Å². The number of hydrogen-bond donors (Lipinski definition) is 0. The van der Waals surface area contributed by atoms with Crippen molar-refractivity contribution in [3.8, 4) is 5.75 Å². The second-order valence-electron chi connectivity index (χ2n) is 5.16. The van der Waals surface area contributed by atoms with Crippen LogP contribution in [0.5, 0.6) is 5.75 Å². The van der Waals surface area contributed by atoms with Crippen LogP contribution in [-0.4, -0.2) is 19.0 Å². The minimum Gasteiger partial charge on any atom is -0.489 e. The van der Waals surface area contributed by atoms with Crippen molar-refractivity contribution in [1.29, 1.82) is 0 Å². The molecule has 2 heteroatoms. The second-order valence-corrected chi connectivity index (χ2v) is 5.16. The third kappa shape index (κ3) is 4.42. The summed E-state index contributed by atoms with van der Waals surface area (Å²) < 4.78 is 5.79. The smallest absolute Gasteiger partial charge is 0.119 e. The van der Waals surface area contributed by atoms with Crippen molar-refractivity contribution < 1.29 is 4.74 Å². The zero-order valence-electron chi connectivity index (χ0n) is 11.9. The Kier molecular flexibility index (Phi) is 4.58. The Bertz CT molecular complexity index is 517. The van der Waals surface area contributed by atoms with Crippen LogP contribution in [0.2, 0.25) is 0 Å². The summed E-state index contributed by atoms with van der Waals surface area (Å²) in [7, 11) is 4.16. The molecule has 2 aromatic carbocycles. The van der Waals surface area contributed by atoms with Crippen molar-refractivity contribution in [1.82, 2.24) is 4.90 Å². The first kappa shape index (κ1) is 13.6. The Morgan fingerprint density at radius 2 is 1.63 bits per heavy atom. The lowest BCUT2D eigenvalue weighted by Crippen LogP contribution is -2.10. The minimum atomic E-state index is 0.615. The fourth-order valence-corrected chi connectivity index (χ4v) is 1.98. The van der Waals surface area contributed by atoms with Gasteiger partial charge in [0.15, 0.2) is 0 Å². The maximum absolute atomic E-state index is 5.79. The number of rotatable bonds is 5. The SMILES string of the molecule is Cc1ccc(OCc2cccc(CN(C)C)c2)cc1. The van der Waals surface area contributed by atoms with Crippen LogP contribution < -0.4 is 4.74 Å². The van der Waals surface area contributed by atoms with E-state index in [1.165, 1.54) is 16.7 Å². The maximum Gasteiger partial charge on any atom is 0.119 e. The van der Waals surface area contributed by atoms with Gasteiger partial charge >= 0.3 is 0 Å². The molecule has 0 aliphatic carbocycles. The molecule has 0 radical (unpaired) electrons. The largest absolute Gasteiger partial charge is 0.489 e. The number of hydrogen-bond acceptors (Lipinski definition) is 2. The fraction of sp³-hybridized carbons (Fsp3) is 0.294. The van der Waals surface area contributed by atoms with E-state index in [9.17, 15) is 0 Å². The fourth-order valence-electron chi connectivity index (χ4n) is 1.98. The van der Waals surface area contributed by atoms with Gasteiger partial charge in [-0.3, -0.25) is 0 Å². The topological polar surface area (TPSA) is 12.5 Å². The molecule has 0 aliphatic heterocycles. The van der Waals surface area contributed by atoms with Gasteiger partial charge < -0.3 is 9.64 Å². The highest BCUT2D eigenvalue weighted by Gasteiger charge is 1.99. The molecule has 2 rings (SSSR count). The predicted octanol–water partition coefficient (Wildman–Crippen LogP) is 3.64. The summed E-state index contributed by atoms with van der Waals surface area (Å²) in [6, 6.07) is 16.7. The van der Waals surface area contributed by atoms with E-state index in [-0.39, 0.29) is 0 Å². The maximum atomic E-state index is 5.79. The van der Waals surface area contributed by atoms with Crippen LogP contribution >= 0.6 is 0 Å². The van der Waals surface area contributed by atoms with Gasteiger partial charge in [0.05, 0.1) is 0 Å². The Morgan fingerprint density at radius 3 is 2.32 bits per heavy atom. The van der Waals surface area contributed by atoms with E-state index in [4.69, 9.17) is 4.74 Å². The van der Waals surface area contributed by atoms with Gasteiger partial charge in [-0.2, -0.15) is 0 Å². The number of benzene rings is 2. The van der Waals surface area contributed by atoms with Crippen molar-refractivity contribution in [2.75, 3.05) is 14.1 Å². The summed E-state index contributed by atoms with van der Waals surface area (Å²) in [6.07, 6.45) is 0. The molecule has 0 heterocycles. The summed E-state index contributed by atoms with van der Waals surface area (Å²) in [5, 5.41) is 0. The summed E-state index contributed by atoms with van der Waals surface area (Å²) in [5.74, 6) is 0.920. The standard InChI is InChI=1S/C17H21NO/c1-14-7-9-17(10-8-14)19-13-16-6-4-5-15(11-16)12-18(2)3/h4-11H,12-13H2,1-3H3. The van der Waals surface area contributed by atoms with E-state index in [1.54, 1.807) is 0 Å². The van der Waals surface area contributed by atoms with Crippen LogP contribution in [0.1, 0.15) is 16.7 Å². The molecule has 0 aliphatic rings. The van der Waals surface area contributed by atoms with E-state index >= 15 is 0 Å². The first-order valence-corrected chi connectivity index (χ1v) is 6.55. The molecule has 0 saturated heterocycles. The number of nitrogens with zero attached hydrogens (tertiary/aromatic N) is 1. The Balaban J connectivity index is 1.97. The first-order valence-electron chi connectivity index (χ1n) is 6.55. The molecule has 0 unspecified atom stereocenters. The first-order chi connectivity index (χ1) is 9.13. The molecule has 2 aromatic rings.